The first-order valence-corrected chi connectivity index (χ1v) is 4.19. The lowest BCUT2D eigenvalue weighted by molar-refractivity contribution is -0.136. The van der Waals surface area contributed by atoms with Crippen molar-refractivity contribution < 1.29 is 15.0 Å². The van der Waals surface area contributed by atoms with Crippen molar-refractivity contribution in [2.45, 2.75) is 13.3 Å². The van der Waals surface area contributed by atoms with Gasteiger partial charge in [-0.15, -0.1) is 0 Å². The predicted octanol–water partition coefficient (Wildman–Crippen LogP) is -0.235. The molecule has 0 saturated carbocycles. The maximum absolute atomic E-state index is 10.6. The third-order valence-corrected chi connectivity index (χ3v) is 2.03. The highest BCUT2D eigenvalue weighted by atomic mass is 16.4. The Kier molecular flexibility index (Phi) is 2.00. The molecule has 0 amide bonds. The Morgan fingerprint density at radius 2 is 2.33 bits per heavy atom. The average Bonchev–Trinajstić information content (AvgIpc) is 2.59. The smallest absolute Gasteiger partial charge is 0.308 e. The normalized spacial score (nSPS) is 10.7. The minimum atomic E-state index is -1.03. The van der Waals surface area contributed by atoms with E-state index in [-0.39, 0.29) is 23.6 Å². The van der Waals surface area contributed by atoms with Crippen LogP contribution in [0.2, 0.25) is 0 Å². The van der Waals surface area contributed by atoms with Crippen molar-refractivity contribution in [2.24, 2.45) is 0 Å². The molecule has 2 aromatic rings. The molecule has 0 spiro atoms. The molecule has 0 bridgehead atoms. The van der Waals surface area contributed by atoms with Gasteiger partial charge in [0.15, 0.2) is 0 Å². The first-order chi connectivity index (χ1) is 7.09. The number of nitrogens with zero attached hydrogens (tertiary/aromatic N) is 4. The predicted molar refractivity (Wildman–Crippen MR) is 48.5 cm³/mol. The van der Waals surface area contributed by atoms with Crippen LogP contribution in [0.5, 0.6) is 5.88 Å². The van der Waals surface area contributed by atoms with Gasteiger partial charge >= 0.3 is 5.97 Å². The molecule has 0 aromatic carbocycles. The van der Waals surface area contributed by atoms with E-state index in [1.807, 2.05) is 0 Å². The second-order valence-corrected chi connectivity index (χ2v) is 3.04. The fourth-order valence-corrected chi connectivity index (χ4v) is 1.33. The van der Waals surface area contributed by atoms with Crippen LogP contribution in [0.3, 0.4) is 0 Å². The molecule has 7 heteroatoms. The maximum atomic E-state index is 10.6. The molecule has 2 heterocycles. The number of fused-ring (bicyclic) bond motifs is 1. The molecule has 15 heavy (non-hydrogen) atoms. The van der Waals surface area contributed by atoms with Crippen LogP contribution < -0.4 is 0 Å². The lowest BCUT2D eigenvalue weighted by atomic mass is 10.1. The van der Waals surface area contributed by atoms with Crippen LogP contribution in [0.1, 0.15) is 11.3 Å². The Hall–Kier alpha value is -2.18. The zero-order chi connectivity index (χ0) is 11.0. The molecule has 78 valence electrons. The Morgan fingerprint density at radius 1 is 1.60 bits per heavy atom. The Morgan fingerprint density at radius 3 is 3.00 bits per heavy atom. The van der Waals surface area contributed by atoms with Crippen molar-refractivity contribution in [1.29, 1.82) is 0 Å². The van der Waals surface area contributed by atoms with Crippen LogP contribution in [-0.2, 0) is 11.2 Å². The molecule has 2 N–H and O–H groups in total. The van der Waals surface area contributed by atoms with Crippen LogP contribution in [-0.4, -0.2) is 35.8 Å². The number of carbonyl (C=O) groups is 1. The van der Waals surface area contributed by atoms with Gasteiger partial charge in [-0.25, -0.2) is 4.98 Å². The first-order valence-electron chi connectivity index (χ1n) is 4.19. The van der Waals surface area contributed by atoms with E-state index in [9.17, 15) is 9.90 Å². The maximum Gasteiger partial charge on any atom is 0.308 e. The molecule has 0 atom stereocenters. The van der Waals surface area contributed by atoms with E-state index in [0.29, 0.717) is 5.69 Å². The third kappa shape index (κ3) is 1.47. The second kappa shape index (κ2) is 3.19. The fourth-order valence-electron chi connectivity index (χ4n) is 1.33. The highest BCUT2D eigenvalue weighted by molar-refractivity contribution is 5.71. The van der Waals surface area contributed by atoms with Crippen molar-refractivity contribution in [3.63, 3.8) is 0 Å². The zero-order valence-corrected chi connectivity index (χ0v) is 7.88. The number of hydrogen-bond donors (Lipinski definition) is 2. The number of rotatable bonds is 2. The summed E-state index contributed by atoms with van der Waals surface area (Å²) in [7, 11) is 0. The van der Waals surface area contributed by atoms with Gasteiger partial charge in [0, 0.05) is 5.56 Å². The standard InChI is InChI=1S/C8H8N4O3/c1-4-5(2-6(13)14)7(15)12-8(11-4)9-3-10-12/h3,15H,2H2,1H3,(H,13,14). The highest BCUT2D eigenvalue weighted by Crippen LogP contribution is 2.20. The second-order valence-electron chi connectivity index (χ2n) is 3.04. The van der Waals surface area contributed by atoms with Crippen LogP contribution >= 0.6 is 0 Å². The molecule has 0 saturated heterocycles. The molecule has 2 aromatic heterocycles. The van der Waals surface area contributed by atoms with Crippen molar-refractivity contribution in [2.75, 3.05) is 0 Å². The van der Waals surface area contributed by atoms with Crippen molar-refractivity contribution in [3.8, 4) is 5.88 Å². The lowest BCUT2D eigenvalue weighted by Gasteiger charge is -2.05. The van der Waals surface area contributed by atoms with Gasteiger partial charge in [-0.1, -0.05) is 0 Å². The van der Waals surface area contributed by atoms with E-state index in [1.54, 1.807) is 6.92 Å². The van der Waals surface area contributed by atoms with Gasteiger partial charge < -0.3 is 10.2 Å². The SMILES string of the molecule is Cc1nc2ncnn2c(O)c1CC(=O)O. The van der Waals surface area contributed by atoms with E-state index < -0.39 is 5.97 Å². The summed E-state index contributed by atoms with van der Waals surface area (Å²) in [5.41, 5.74) is 0.691. The Balaban J connectivity index is 2.66. The summed E-state index contributed by atoms with van der Waals surface area (Å²) >= 11 is 0. The number of aromatic hydroxyl groups is 1. The largest absolute Gasteiger partial charge is 0.493 e. The molecule has 0 aliphatic rings. The molecule has 0 aliphatic carbocycles. The first kappa shape index (κ1) is 9.38. The number of aromatic nitrogens is 4. The summed E-state index contributed by atoms with van der Waals surface area (Å²) in [6.07, 6.45) is 0.951. The third-order valence-electron chi connectivity index (χ3n) is 2.03. The summed E-state index contributed by atoms with van der Waals surface area (Å²) in [5.74, 6) is -1.01. The van der Waals surface area contributed by atoms with E-state index >= 15 is 0 Å². The van der Waals surface area contributed by atoms with Gasteiger partial charge in [0.05, 0.1) is 12.1 Å². The summed E-state index contributed by atoms with van der Waals surface area (Å²) in [6, 6.07) is 0. The molecule has 2 rings (SSSR count). The number of carboxylic acids is 1. The molecule has 0 unspecified atom stereocenters. The van der Waals surface area contributed by atoms with Crippen LogP contribution in [0, 0.1) is 6.92 Å². The topological polar surface area (TPSA) is 101 Å². The van der Waals surface area contributed by atoms with E-state index in [4.69, 9.17) is 5.11 Å². The average molecular weight is 208 g/mol. The molecule has 7 nitrogen and oxygen atoms in total. The summed E-state index contributed by atoms with van der Waals surface area (Å²) in [4.78, 5) is 18.4. The van der Waals surface area contributed by atoms with Crippen molar-refractivity contribution >= 4 is 11.7 Å². The van der Waals surface area contributed by atoms with E-state index in [0.717, 1.165) is 4.52 Å². The lowest BCUT2D eigenvalue weighted by Crippen LogP contribution is -2.07. The monoisotopic (exact) mass is 208 g/mol. The van der Waals surface area contributed by atoms with E-state index in [1.165, 1.54) is 6.33 Å². The minimum absolute atomic E-state index is 0.225. The van der Waals surface area contributed by atoms with Gasteiger partial charge in [-0.3, -0.25) is 4.79 Å². The highest BCUT2D eigenvalue weighted by Gasteiger charge is 2.15. The van der Waals surface area contributed by atoms with Crippen LogP contribution in [0.15, 0.2) is 6.33 Å². The zero-order valence-electron chi connectivity index (χ0n) is 7.88. The van der Waals surface area contributed by atoms with Gasteiger partial charge in [0.1, 0.15) is 6.33 Å². The number of hydrogen-bond acceptors (Lipinski definition) is 5. The summed E-state index contributed by atoms with van der Waals surface area (Å²) < 4.78 is 1.10. The van der Waals surface area contributed by atoms with Crippen LogP contribution in [0.25, 0.3) is 5.78 Å². The Bertz CT molecular complexity index is 534. The quantitative estimate of drug-likeness (QED) is 0.706. The molecule has 0 radical (unpaired) electrons. The fraction of sp³-hybridized carbons (Fsp3) is 0.250. The van der Waals surface area contributed by atoms with Crippen molar-refractivity contribution in [3.05, 3.63) is 17.6 Å². The van der Waals surface area contributed by atoms with Crippen LogP contribution in [0.4, 0.5) is 0 Å². The summed E-state index contributed by atoms with van der Waals surface area (Å²) in [5, 5.41) is 22.1. The minimum Gasteiger partial charge on any atom is -0.493 e. The number of carboxylic acid groups (broad SMARTS) is 1. The van der Waals surface area contributed by atoms with E-state index in [2.05, 4.69) is 15.1 Å². The number of aryl methyl sites for hydroxylation is 1. The van der Waals surface area contributed by atoms with Crippen molar-refractivity contribution in [1.82, 2.24) is 19.6 Å². The van der Waals surface area contributed by atoms with Gasteiger partial charge in [0.25, 0.3) is 5.78 Å². The number of aliphatic carboxylic acids is 1. The Labute approximate surface area is 84.0 Å². The molecular weight excluding hydrogens is 200 g/mol. The summed E-state index contributed by atoms with van der Waals surface area (Å²) in [6.45, 7) is 1.62. The molecule has 0 aliphatic heterocycles. The van der Waals surface area contributed by atoms with Gasteiger partial charge in [-0.05, 0) is 6.92 Å². The molecule has 0 fully saturated rings. The van der Waals surface area contributed by atoms with Gasteiger partial charge in [-0.2, -0.15) is 14.6 Å². The molecular formula is C8H8N4O3. The van der Waals surface area contributed by atoms with Gasteiger partial charge in [0.2, 0.25) is 5.88 Å².